The van der Waals surface area contributed by atoms with Crippen LogP contribution < -0.4 is 4.90 Å². The van der Waals surface area contributed by atoms with E-state index < -0.39 is 0 Å². The predicted molar refractivity (Wildman–Crippen MR) is 168 cm³/mol. The fraction of sp³-hybridized carbons (Fsp3) is 0.471. The standard InChI is InChI=1S/C34H39N5O2S/c1-33(2,3)29-19-25(37-41-29)18-26(40)17-23-7-9-24(10-8-23)27-20-39-28-11-12-30(36-31(28)42-32(39)35-27)38(4)21-34(15-16-34)14-13-22-5-6-22/h7-12,19-20,22H,5-6,13-18,21H2,1-4H3. The zero-order valence-corrected chi connectivity index (χ0v) is 25.8. The first-order valence-corrected chi connectivity index (χ1v) is 16.0. The maximum atomic E-state index is 12.7. The number of nitrogens with zero attached hydrogens (tertiary/aromatic N) is 5. The highest BCUT2D eigenvalue weighted by Gasteiger charge is 2.44. The lowest BCUT2D eigenvalue weighted by atomic mass is 9.93. The molecule has 2 aliphatic rings. The molecule has 4 heterocycles. The Morgan fingerprint density at radius 3 is 2.57 bits per heavy atom. The Balaban J connectivity index is 1.00. The molecule has 7 rings (SSSR count). The van der Waals surface area contributed by atoms with Gasteiger partial charge in [-0.05, 0) is 54.7 Å². The normalized spacial score (nSPS) is 16.4. The number of hydrogen-bond donors (Lipinski definition) is 0. The Bertz CT molecular complexity index is 1750. The molecule has 0 spiro atoms. The highest BCUT2D eigenvalue weighted by Crippen LogP contribution is 2.52. The van der Waals surface area contributed by atoms with Gasteiger partial charge in [-0.1, -0.05) is 74.4 Å². The van der Waals surface area contributed by atoms with E-state index >= 15 is 0 Å². The molecule has 0 aliphatic heterocycles. The van der Waals surface area contributed by atoms with Crippen LogP contribution >= 0.6 is 11.3 Å². The molecule has 2 fully saturated rings. The fourth-order valence-corrected chi connectivity index (χ4v) is 6.90. The van der Waals surface area contributed by atoms with E-state index in [2.05, 4.69) is 60.6 Å². The summed E-state index contributed by atoms with van der Waals surface area (Å²) < 4.78 is 7.57. The molecule has 4 aromatic heterocycles. The molecule has 0 saturated heterocycles. The summed E-state index contributed by atoms with van der Waals surface area (Å²) in [7, 11) is 2.19. The van der Waals surface area contributed by atoms with E-state index in [0.717, 1.165) is 56.2 Å². The lowest BCUT2D eigenvalue weighted by molar-refractivity contribution is -0.117. The van der Waals surface area contributed by atoms with E-state index in [-0.39, 0.29) is 17.6 Å². The quantitative estimate of drug-likeness (QED) is 0.159. The number of carbonyl (C=O) groups is 1. The van der Waals surface area contributed by atoms with Crippen molar-refractivity contribution in [1.82, 2.24) is 19.5 Å². The van der Waals surface area contributed by atoms with E-state index in [1.54, 1.807) is 11.3 Å². The smallest absolute Gasteiger partial charge is 0.196 e. The molecule has 2 saturated carbocycles. The molecule has 218 valence electrons. The van der Waals surface area contributed by atoms with Gasteiger partial charge in [0.2, 0.25) is 0 Å². The first-order chi connectivity index (χ1) is 20.1. The topological polar surface area (TPSA) is 76.5 Å². The van der Waals surface area contributed by atoms with Crippen molar-refractivity contribution in [2.24, 2.45) is 11.3 Å². The van der Waals surface area contributed by atoms with Gasteiger partial charge in [0.25, 0.3) is 0 Å². The number of anilines is 1. The molecular weight excluding hydrogens is 542 g/mol. The average molecular weight is 582 g/mol. The van der Waals surface area contributed by atoms with E-state index in [1.165, 1.54) is 38.5 Å². The third kappa shape index (κ3) is 5.74. The molecule has 0 atom stereocenters. The minimum Gasteiger partial charge on any atom is -0.361 e. The van der Waals surface area contributed by atoms with Crippen molar-refractivity contribution in [2.75, 3.05) is 18.5 Å². The fourth-order valence-electron chi connectivity index (χ4n) is 5.93. The summed E-state index contributed by atoms with van der Waals surface area (Å²) in [4.78, 5) is 27.0. The Kier molecular flexibility index (Phi) is 6.72. The third-order valence-electron chi connectivity index (χ3n) is 8.97. The summed E-state index contributed by atoms with van der Waals surface area (Å²) in [5.74, 6) is 2.98. The number of imidazole rings is 1. The number of hydrogen-bond acceptors (Lipinski definition) is 7. The molecule has 0 bridgehead atoms. The maximum Gasteiger partial charge on any atom is 0.196 e. The van der Waals surface area contributed by atoms with Crippen LogP contribution in [0.3, 0.4) is 0 Å². The van der Waals surface area contributed by atoms with E-state index in [0.29, 0.717) is 17.5 Å². The van der Waals surface area contributed by atoms with Gasteiger partial charge in [0.05, 0.1) is 23.3 Å². The molecule has 1 aromatic carbocycles. The second-order valence-electron chi connectivity index (χ2n) is 13.7. The summed E-state index contributed by atoms with van der Waals surface area (Å²) in [5, 5.41) is 4.09. The van der Waals surface area contributed by atoms with Crippen LogP contribution in [0.5, 0.6) is 0 Å². The van der Waals surface area contributed by atoms with Crippen molar-refractivity contribution in [1.29, 1.82) is 0 Å². The van der Waals surface area contributed by atoms with Gasteiger partial charge in [-0.3, -0.25) is 9.20 Å². The number of ketones is 1. The van der Waals surface area contributed by atoms with Gasteiger partial charge in [0.1, 0.15) is 22.2 Å². The number of thiazole rings is 1. The number of aromatic nitrogens is 4. The number of carbonyl (C=O) groups excluding carboxylic acids is 1. The lowest BCUT2D eigenvalue weighted by Gasteiger charge is -2.24. The van der Waals surface area contributed by atoms with Gasteiger partial charge in [-0.25, -0.2) is 9.97 Å². The molecule has 0 radical (unpaired) electrons. The summed E-state index contributed by atoms with van der Waals surface area (Å²) in [6, 6.07) is 14.4. The molecular formula is C34H39N5O2S. The summed E-state index contributed by atoms with van der Waals surface area (Å²) in [6.07, 6.45) is 11.1. The Morgan fingerprint density at radius 1 is 1.10 bits per heavy atom. The molecule has 2 aliphatic carbocycles. The minimum atomic E-state index is -0.123. The van der Waals surface area contributed by atoms with E-state index in [9.17, 15) is 4.79 Å². The third-order valence-corrected chi connectivity index (χ3v) is 9.94. The van der Waals surface area contributed by atoms with E-state index in [1.807, 2.05) is 30.3 Å². The van der Waals surface area contributed by atoms with Crippen molar-refractivity contribution >= 4 is 38.2 Å². The van der Waals surface area contributed by atoms with Crippen LogP contribution in [0.2, 0.25) is 0 Å². The molecule has 5 aromatic rings. The molecule has 0 amide bonds. The monoisotopic (exact) mass is 581 g/mol. The number of rotatable bonds is 11. The van der Waals surface area contributed by atoms with Crippen LogP contribution in [0.1, 0.15) is 76.3 Å². The summed E-state index contributed by atoms with van der Waals surface area (Å²) >= 11 is 1.64. The van der Waals surface area contributed by atoms with Gasteiger partial charge in [-0.15, -0.1) is 0 Å². The highest BCUT2D eigenvalue weighted by atomic mass is 32.1. The van der Waals surface area contributed by atoms with Crippen molar-refractivity contribution in [3.8, 4) is 11.3 Å². The van der Waals surface area contributed by atoms with Crippen molar-refractivity contribution in [3.05, 3.63) is 65.7 Å². The van der Waals surface area contributed by atoms with Crippen molar-refractivity contribution in [2.45, 2.75) is 77.6 Å². The lowest BCUT2D eigenvalue weighted by Crippen LogP contribution is -2.27. The number of fused-ring (bicyclic) bond motifs is 3. The summed E-state index contributed by atoms with van der Waals surface area (Å²) in [5.41, 5.74) is 5.11. The van der Waals surface area contributed by atoms with Gasteiger partial charge >= 0.3 is 0 Å². The van der Waals surface area contributed by atoms with E-state index in [4.69, 9.17) is 14.5 Å². The van der Waals surface area contributed by atoms with Gasteiger partial charge in [-0.2, -0.15) is 0 Å². The first kappa shape index (κ1) is 27.3. The molecule has 0 N–H and O–H groups in total. The molecule has 8 heteroatoms. The maximum absolute atomic E-state index is 12.7. The van der Waals surface area contributed by atoms with Gasteiger partial charge in [0, 0.05) is 43.3 Å². The molecule has 42 heavy (non-hydrogen) atoms. The zero-order valence-electron chi connectivity index (χ0n) is 25.0. The van der Waals surface area contributed by atoms with Crippen LogP contribution in [-0.2, 0) is 23.1 Å². The predicted octanol–water partition coefficient (Wildman–Crippen LogP) is 7.66. The Labute approximate surface area is 251 Å². The Morgan fingerprint density at radius 2 is 1.88 bits per heavy atom. The van der Waals surface area contributed by atoms with Crippen LogP contribution in [0.15, 0.2) is 53.2 Å². The first-order valence-electron chi connectivity index (χ1n) is 15.2. The number of pyridine rings is 1. The molecule has 0 unspecified atom stereocenters. The van der Waals surface area contributed by atoms with Gasteiger partial charge in [0.15, 0.2) is 4.96 Å². The minimum absolute atomic E-state index is 0.119. The Hall–Kier alpha value is -3.52. The summed E-state index contributed by atoms with van der Waals surface area (Å²) in [6.45, 7) is 7.31. The van der Waals surface area contributed by atoms with Crippen LogP contribution in [-0.4, -0.2) is 38.9 Å². The number of benzene rings is 1. The second-order valence-corrected chi connectivity index (χ2v) is 14.7. The van der Waals surface area contributed by atoms with Crippen LogP contribution in [0.25, 0.3) is 26.6 Å². The van der Waals surface area contributed by atoms with Gasteiger partial charge < -0.3 is 9.42 Å². The highest BCUT2D eigenvalue weighted by molar-refractivity contribution is 7.23. The van der Waals surface area contributed by atoms with Crippen LogP contribution in [0, 0.1) is 11.3 Å². The SMILES string of the molecule is CN(CC1(CCC2CC2)CC1)c1ccc2c(n1)sc1nc(-c3ccc(CC(=O)Cc4cc(C(C)(C)C)on4)cc3)cn12. The largest absolute Gasteiger partial charge is 0.361 e. The second kappa shape index (κ2) is 10.3. The van der Waals surface area contributed by atoms with Crippen molar-refractivity contribution < 1.29 is 9.32 Å². The molecule has 7 nitrogen and oxygen atoms in total. The van der Waals surface area contributed by atoms with Crippen molar-refractivity contribution in [3.63, 3.8) is 0 Å². The number of Topliss-reactive ketones (excluding diaryl/α,β-unsaturated/α-hetero) is 1. The van der Waals surface area contributed by atoms with Crippen LogP contribution in [0.4, 0.5) is 5.82 Å². The zero-order chi connectivity index (χ0) is 29.1. The average Bonchev–Trinajstić information content (AvgIpc) is 3.79.